The van der Waals surface area contributed by atoms with E-state index < -0.39 is 5.54 Å². The molecule has 2 N–H and O–H groups in total. The second-order valence-electron chi connectivity index (χ2n) is 4.86. The first-order valence-electron chi connectivity index (χ1n) is 6.86. The van der Waals surface area contributed by atoms with Crippen molar-refractivity contribution >= 4 is 0 Å². The smallest absolute Gasteiger partial charge is 0.231 e. The summed E-state index contributed by atoms with van der Waals surface area (Å²) in [6, 6.07) is 7.79. The summed E-state index contributed by atoms with van der Waals surface area (Å²) in [6.07, 6.45) is 2.09. The Hall–Kier alpha value is -1.88. The van der Waals surface area contributed by atoms with Gasteiger partial charge in [0.2, 0.25) is 5.89 Å². The highest BCUT2D eigenvalue weighted by Crippen LogP contribution is 2.25. The minimum Gasteiger partial charge on any atom is -0.496 e. The van der Waals surface area contributed by atoms with E-state index in [9.17, 15) is 0 Å². The molecule has 1 aromatic carbocycles. The molecule has 0 fully saturated rings. The van der Waals surface area contributed by atoms with E-state index in [4.69, 9.17) is 15.0 Å². The average Bonchev–Trinajstić information content (AvgIpc) is 2.96. The van der Waals surface area contributed by atoms with Crippen molar-refractivity contribution in [2.75, 3.05) is 7.11 Å². The van der Waals surface area contributed by atoms with E-state index in [1.54, 1.807) is 7.11 Å². The fraction of sp³-hybridized carbons (Fsp3) is 0.467. The van der Waals surface area contributed by atoms with E-state index in [2.05, 4.69) is 10.1 Å². The second kappa shape index (κ2) is 6.05. The molecule has 0 spiro atoms. The van der Waals surface area contributed by atoms with Gasteiger partial charge < -0.3 is 15.0 Å². The van der Waals surface area contributed by atoms with Crippen LogP contribution in [0.5, 0.6) is 5.75 Å². The van der Waals surface area contributed by atoms with Crippen LogP contribution in [-0.4, -0.2) is 17.3 Å². The van der Waals surface area contributed by atoms with Crippen LogP contribution >= 0.6 is 0 Å². The average molecular weight is 275 g/mol. The van der Waals surface area contributed by atoms with E-state index in [1.165, 1.54) is 0 Å². The zero-order valence-corrected chi connectivity index (χ0v) is 12.2. The van der Waals surface area contributed by atoms with E-state index >= 15 is 0 Å². The Balaban J connectivity index is 2.22. The highest BCUT2D eigenvalue weighted by molar-refractivity contribution is 5.34. The SMILES string of the molecule is CCC(N)(CC)c1noc(Cc2ccccc2OC)n1. The number of aromatic nitrogens is 2. The fourth-order valence-corrected chi connectivity index (χ4v) is 2.11. The van der Waals surface area contributed by atoms with Crippen molar-refractivity contribution in [3.63, 3.8) is 0 Å². The van der Waals surface area contributed by atoms with Crippen LogP contribution in [0.3, 0.4) is 0 Å². The minimum absolute atomic E-state index is 0.511. The lowest BCUT2D eigenvalue weighted by molar-refractivity contribution is 0.337. The van der Waals surface area contributed by atoms with Gasteiger partial charge in [0.05, 0.1) is 19.1 Å². The zero-order valence-electron chi connectivity index (χ0n) is 12.2. The summed E-state index contributed by atoms with van der Waals surface area (Å²) >= 11 is 0. The van der Waals surface area contributed by atoms with Gasteiger partial charge in [0.1, 0.15) is 5.75 Å². The van der Waals surface area contributed by atoms with Crippen LogP contribution in [-0.2, 0) is 12.0 Å². The van der Waals surface area contributed by atoms with Gasteiger partial charge in [-0.15, -0.1) is 0 Å². The first-order valence-corrected chi connectivity index (χ1v) is 6.86. The molecule has 0 atom stereocenters. The van der Waals surface area contributed by atoms with Gasteiger partial charge in [-0.1, -0.05) is 37.2 Å². The van der Waals surface area contributed by atoms with Crippen LogP contribution in [0.2, 0.25) is 0 Å². The van der Waals surface area contributed by atoms with Gasteiger partial charge in [0.25, 0.3) is 0 Å². The number of methoxy groups -OCH3 is 1. The normalized spacial score (nSPS) is 11.6. The monoisotopic (exact) mass is 275 g/mol. The number of nitrogens with two attached hydrogens (primary N) is 1. The van der Waals surface area contributed by atoms with Gasteiger partial charge >= 0.3 is 0 Å². The van der Waals surface area contributed by atoms with Crippen LogP contribution in [0.1, 0.15) is 44.0 Å². The van der Waals surface area contributed by atoms with Gasteiger partial charge in [0, 0.05) is 5.56 Å². The van der Waals surface area contributed by atoms with Gasteiger partial charge in [-0.05, 0) is 18.9 Å². The summed E-state index contributed by atoms with van der Waals surface area (Å²) in [7, 11) is 1.65. The molecule has 2 rings (SSSR count). The molecule has 0 bridgehead atoms. The molecule has 0 saturated heterocycles. The maximum Gasteiger partial charge on any atom is 0.231 e. The second-order valence-corrected chi connectivity index (χ2v) is 4.86. The maximum atomic E-state index is 6.27. The van der Waals surface area contributed by atoms with Crippen molar-refractivity contribution in [3.8, 4) is 5.75 Å². The summed E-state index contributed by atoms with van der Waals surface area (Å²) in [6.45, 7) is 4.06. The number of hydrogen-bond donors (Lipinski definition) is 1. The molecule has 0 aliphatic rings. The van der Waals surface area contributed by atoms with Crippen molar-refractivity contribution in [1.29, 1.82) is 0 Å². The lowest BCUT2D eigenvalue weighted by atomic mass is 9.93. The number of ether oxygens (including phenoxy) is 1. The Kier molecular flexibility index (Phi) is 4.39. The molecule has 2 aromatic rings. The Morgan fingerprint density at radius 3 is 2.60 bits per heavy atom. The highest BCUT2D eigenvalue weighted by atomic mass is 16.5. The van der Waals surface area contributed by atoms with Gasteiger partial charge in [0.15, 0.2) is 5.82 Å². The van der Waals surface area contributed by atoms with Crippen LogP contribution in [0, 0.1) is 0 Å². The van der Waals surface area contributed by atoms with Crippen molar-refractivity contribution in [3.05, 3.63) is 41.5 Å². The first-order chi connectivity index (χ1) is 9.62. The quantitative estimate of drug-likeness (QED) is 0.877. The highest BCUT2D eigenvalue weighted by Gasteiger charge is 2.29. The predicted molar refractivity (Wildman–Crippen MR) is 76.5 cm³/mol. The van der Waals surface area contributed by atoms with Crippen molar-refractivity contribution in [1.82, 2.24) is 10.1 Å². The van der Waals surface area contributed by atoms with Crippen molar-refractivity contribution in [2.24, 2.45) is 5.73 Å². The summed E-state index contributed by atoms with van der Waals surface area (Å²) < 4.78 is 10.6. The Morgan fingerprint density at radius 1 is 1.25 bits per heavy atom. The molecular formula is C15H21N3O2. The predicted octanol–water partition coefficient (Wildman–Crippen LogP) is 2.64. The Labute approximate surface area is 119 Å². The summed E-state index contributed by atoms with van der Waals surface area (Å²) in [5, 5.41) is 4.03. The Bertz CT molecular complexity index is 562. The van der Waals surface area contributed by atoms with E-state index in [0.29, 0.717) is 18.1 Å². The molecule has 5 nitrogen and oxygen atoms in total. The minimum atomic E-state index is -0.511. The summed E-state index contributed by atoms with van der Waals surface area (Å²) in [5.41, 5.74) is 6.77. The molecular weight excluding hydrogens is 254 g/mol. The molecule has 5 heteroatoms. The standard InChI is InChI=1S/C15H21N3O2/c1-4-15(16,5-2)14-17-13(20-18-14)10-11-8-6-7-9-12(11)19-3/h6-9H,4-5,10,16H2,1-3H3. The molecule has 0 aliphatic carbocycles. The number of benzene rings is 1. The van der Waals surface area contributed by atoms with Crippen LogP contribution in [0.25, 0.3) is 0 Å². The number of rotatable bonds is 6. The molecule has 108 valence electrons. The third kappa shape index (κ3) is 2.82. The molecule has 0 radical (unpaired) electrons. The summed E-state index contributed by atoms with van der Waals surface area (Å²) in [4.78, 5) is 4.44. The largest absolute Gasteiger partial charge is 0.496 e. The molecule has 1 heterocycles. The molecule has 1 aromatic heterocycles. The van der Waals surface area contributed by atoms with Gasteiger partial charge in [-0.3, -0.25) is 0 Å². The van der Waals surface area contributed by atoms with Crippen molar-refractivity contribution < 1.29 is 9.26 Å². The van der Waals surface area contributed by atoms with Crippen LogP contribution in [0.15, 0.2) is 28.8 Å². The van der Waals surface area contributed by atoms with Gasteiger partial charge in [-0.25, -0.2) is 0 Å². The van der Waals surface area contributed by atoms with E-state index in [0.717, 1.165) is 24.2 Å². The lowest BCUT2D eigenvalue weighted by Crippen LogP contribution is -2.36. The van der Waals surface area contributed by atoms with Crippen LogP contribution < -0.4 is 10.5 Å². The molecule has 0 aliphatic heterocycles. The third-order valence-corrected chi connectivity index (χ3v) is 3.71. The number of para-hydroxylation sites is 1. The van der Waals surface area contributed by atoms with Crippen LogP contribution in [0.4, 0.5) is 0 Å². The molecule has 0 unspecified atom stereocenters. The van der Waals surface area contributed by atoms with Crippen molar-refractivity contribution in [2.45, 2.75) is 38.6 Å². The first kappa shape index (κ1) is 14.5. The number of nitrogens with zero attached hydrogens (tertiary/aromatic N) is 2. The van der Waals surface area contributed by atoms with Gasteiger partial charge in [-0.2, -0.15) is 4.98 Å². The lowest BCUT2D eigenvalue weighted by Gasteiger charge is -2.21. The zero-order chi connectivity index (χ0) is 14.6. The molecule has 20 heavy (non-hydrogen) atoms. The number of hydrogen-bond acceptors (Lipinski definition) is 5. The fourth-order valence-electron chi connectivity index (χ4n) is 2.11. The van der Waals surface area contributed by atoms with E-state index in [-0.39, 0.29) is 0 Å². The summed E-state index contributed by atoms with van der Waals surface area (Å²) in [5.74, 6) is 1.95. The molecule has 0 amide bonds. The maximum absolute atomic E-state index is 6.27. The molecule has 0 saturated carbocycles. The third-order valence-electron chi connectivity index (χ3n) is 3.71. The topological polar surface area (TPSA) is 74.2 Å². The van der Waals surface area contributed by atoms with E-state index in [1.807, 2.05) is 38.1 Å². The Morgan fingerprint density at radius 2 is 1.95 bits per heavy atom.